The number of phenols is 1. The number of fused-ring (bicyclic) bond motifs is 1. The number of nitrogens with two attached hydrogens (primary N) is 1. The van der Waals surface area contributed by atoms with Gasteiger partial charge in [-0.25, -0.2) is 0 Å². The summed E-state index contributed by atoms with van der Waals surface area (Å²) in [6.45, 7) is 0. The molecule has 0 spiro atoms. The summed E-state index contributed by atoms with van der Waals surface area (Å²) < 4.78 is 5.08. The molecule has 3 N–H and O–H groups in total. The van der Waals surface area contributed by atoms with Crippen LogP contribution in [-0.4, -0.2) is 22.1 Å². The summed E-state index contributed by atoms with van der Waals surface area (Å²) in [7, 11) is 1.54. The number of ether oxygens (including phenoxy) is 1. The van der Waals surface area contributed by atoms with Gasteiger partial charge in [0.25, 0.3) is 0 Å². The molecule has 2 atom stereocenters. The molecule has 0 bridgehead atoms. The molecule has 0 saturated carbocycles. The normalized spacial score (nSPS) is 30.4. The van der Waals surface area contributed by atoms with E-state index in [1.54, 1.807) is 24.9 Å². The average Bonchev–Trinajstić information content (AvgIpc) is 2.66. The summed E-state index contributed by atoms with van der Waals surface area (Å²) >= 11 is 1.61. The molecule has 2 unspecified atom stereocenters. The molecule has 5 heteroatoms. The Morgan fingerprint density at radius 2 is 2.38 bits per heavy atom. The number of rotatable bonds is 2. The number of aromatic hydroxyl groups is 1. The van der Waals surface area contributed by atoms with Crippen molar-refractivity contribution in [1.82, 2.24) is 4.90 Å². The van der Waals surface area contributed by atoms with E-state index in [2.05, 4.69) is 4.90 Å². The molecular formula is C11H12N2O2S. The van der Waals surface area contributed by atoms with Crippen LogP contribution in [0.15, 0.2) is 29.8 Å². The third kappa shape index (κ3) is 1.15. The van der Waals surface area contributed by atoms with Gasteiger partial charge in [-0.1, -0.05) is 17.8 Å². The monoisotopic (exact) mass is 236 g/mol. The third-order valence-corrected chi connectivity index (χ3v) is 4.07. The highest BCUT2D eigenvalue weighted by Gasteiger charge is 2.62. The number of methoxy groups -OCH3 is 1. The van der Waals surface area contributed by atoms with E-state index in [0.717, 1.165) is 5.56 Å². The second-order valence-corrected chi connectivity index (χ2v) is 5.06. The maximum absolute atomic E-state index is 9.52. The number of hydrogen-bond donors (Lipinski definition) is 2. The van der Waals surface area contributed by atoms with Gasteiger partial charge in [0, 0.05) is 6.20 Å². The van der Waals surface area contributed by atoms with Crippen LogP contribution in [-0.2, 0) is 0 Å². The predicted octanol–water partition coefficient (Wildman–Crippen LogP) is 1.59. The van der Waals surface area contributed by atoms with Crippen molar-refractivity contribution >= 4 is 11.8 Å². The molecule has 1 fully saturated rings. The van der Waals surface area contributed by atoms with Gasteiger partial charge in [0.15, 0.2) is 16.5 Å². The summed E-state index contributed by atoms with van der Waals surface area (Å²) in [5.41, 5.74) is 7.24. The van der Waals surface area contributed by atoms with Gasteiger partial charge in [-0.15, -0.1) is 0 Å². The van der Waals surface area contributed by atoms with Crippen LogP contribution in [0.1, 0.15) is 11.6 Å². The van der Waals surface area contributed by atoms with Crippen LogP contribution in [0.2, 0.25) is 0 Å². The lowest BCUT2D eigenvalue weighted by Crippen LogP contribution is -2.20. The lowest BCUT2D eigenvalue weighted by atomic mass is 10.1. The molecule has 84 valence electrons. The zero-order valence-corrected chi connectivity index (χ0v) is 9.57. The number of thioether (sulfide) groups is 1. The Morgan fingerprint density at radius 3 is 3.00 bits per heavy atom. The van der Waals surface area contributed by atoms with Gasteiger partial charge in [-0.2, -0.15) is 0 Å². The zero-order valence-electron chi connectivity index (χ0n) is 8.75. The molecule has 0 aliphatic carbocycles. The van der Waals surface area contributed by atoms with Gasteiger partial charge in [-0.3, -0.25) is 5.73 Å². The fourth-order valence-electron chi connectivity index (χ4n) is 2.11. The van der Waals surface area contributed by atoms with E-state index in [4.69, 9.17) is 10.5 Å². The predicted molar refractivity (Wildman–Crippen MR) is 62.9 cm³/mol. The van der Waals surface area contributed by atoms with Crippen molar-refractivity contribution in [2.45, 2.75) is 11.0 Å². The van der Waals surface area contributed by atoms with Crippen LogP contribution in [0.25, 0.3) is 0 Å². The Hall–Kier alpha value is -1.33. The average molecular weight is 236 g/mol. The van der Waals surface area contributed by atoms with Gasteiger partial charge in [-0.05, 0) is 23.1 Å². The number of hydrogen-bond acceptors (Lipinski definition) is 5. The van der Waals surface area contributed by atoms with Gasteiger partial charge in [0.05, 0.1) is 7.11 Å². The first-order valence-electron chi connectivity index (χ1n) is 4.95. The smallest absolute Gasteiger partial charge is 0.166 e. The Labute approximate surface area is 97.7 Å². The van der Waals surface area contributed by atoms with Crippen LogP contribution < -0.4 is 10.5 Å². The maximum Gasteiger partial charge on any atom is 0.166 e. The van der Waals surface area contributed by atoms with Gasteiger partial charge >= 0.3 is 0 Å². The molecular weight excluding hydrogens is 224 g/mol. The Morgan fingerprint density at radius 1 is 1.56 bits per heavy atom. The SMILES string of the molecule is COc1cc(C2N3C=CSC23N)ccc1O. The third-order valence-electron chi connectivity index (χ3n) is 3.00. The van der Waals surface area contributed by atoms with E-state index >= 15 is 0 Å². The minimum Gasteiger partial charge on any atom is -0.504 e. The molecule has 2 heterocycles. The Kier molecular flexibility index (Phi) is 1.90. The van der Waals surface area contributed by atoms with Crippen LogP contribution >= 0.6 is 11.8 Å². The fraction of sp³-hybridized carbons (Fsp3) is 0.273. The number of benzene rings is 1. The van der Waals surface area contributed by atoms with Crippen LogP contribution in [0, 0.1) is 0 Å². The van der Waals surface area contributed by atoms with Crippen LogP contribution in [0.4, 0.5) is 0 Å². The number of phenolic OH excluding ortho intramolecular Hbond substituents is 1. The molecule has 3 rings (SSSR count). The summed E-state index contributed by atoms with van der Waals surface area (Å²) in [5, 5.41) is 11.5. The number of nitrogens with zero attached hydrogens (tertiary/aromatic N) is 1. The van der Waals surface area contributed by atoms with Gasteiger partial charge in [0.1, 0.15) is 6.04 Å². The second kappa shape index (κ2) is 3.09. The molecule has 0 amide bonds. The first-order valence-corrected chi connectivity index (χ1v) is 5.83. The highest BCUT2D eigenvalue weighted by Crippen LogP contribution is 2.60. The molecule has 2 aliphatic rings. The Bertz CT molecular complexity index is 477. The first kappa shape index (κ1) is 9.86. The topological polar surface area (TPSA) is 58.5 Å². The van der Waals surface area contributed by atoms with Crippen molar-refractivity contribution in [3.05, 3.63) is 35.4 Å². The van der Waals surface area contributed by atoms with Crippen LogP contribution in [0.5, 0.6) is 11.5 Å². The highest BCUT2D eigenvalue weighted by molar-refractivity contribution is 8.03. The standard InChI is InChI=1S/C11H12N2O2S/c1-15-9-6-7(2-3-8(9)14)10-11(12)13(10)4-5-16-11/h2-6,10,14H,12H2,1H3. The minimum atomic E-state index is -0.331. The minimum absolute atomic E-state index is 0.154. The van der Waals surface area contributed by atoms with Crippen LogP contribution in [0.3, 0.4) is 0 Å². The van der Waals surface area contributed by atoms with Crippen molar-refractivity contribution in [3.63, 3.8) is 0 Å². The second-order valence-electron chi connectivity index (χ2n) is 3.90. The van der Waals surface area contributed by atoms with E-state index in [0.29, 0.717) is 5.75 Å². The van der Waals surface area contributed by atoms with Crippen molar-refractivity contribution in [2.75, 3.05) is 7.11 Å². The molecule has 0 aromatic heterocycles. The largest absolute Gasteiger partial charge is 0.504 e. The van der Waals surface area contributed by atoms with Crippen molar-refractivity contribution in [3.8, 4) is 11.5 Å². The summed E-state index contributed by atoms with van der Waals surface area (Å²) in [5.74, 6) is 0.641. The van der Waals surface area contributed by atoms with Crippen molar-refractivity contribution < 1.29 is 9.84 Å². The Balaban J connectivity index is 1.95. The summed E-state index contributed by atoms with van der Waals surface area (Å²) in [4.78, 5) is 1.76. The van der Waals surface area contributed by atoms with E-state index < -0.39 is 0 Å². The zero-order chi connectivity index (χ0) is 11.3. The first-order chi connectivity index (χ1) is 7.66. The lowest BCUT2D eigenvalue weighted by Gasteiger charge is -2.07. The molecule has 1 aromatic carbocycles. The molecule has 2 aliphatic heterocycles. The lowest BCUT2D eigenvalue weighted by molar-refractivity contribution is 0.373. The molecule has 1 aromatic rings. The van der Waals surface area contributed by atoms with E-state index in [9.17, 15) is 5.11 Å². The quantitative estimate of drug-likeness (QED) is 0.764. The van der Waals surface area contributed by atoms with Gasteiger partial charge in [0.2, 0.25) is 0 Å². The maximum atomic E-state index is 9.52. The molecule has 4 nitrogen and oxygen atoms in total. The van der Waals surface area contributed by atoms with E-state index in [-0.39, 0.29) is 16.8 Å². The van der Waals surface area contributed by atoms with Gasteiger partial charge < -0.3 is 14.7 Å². The van der Waals surface area contributed by atoms with Crippen molar-refractivity contribution in [2.24, 2.45) is 5.73 Å². The van der Waals surface area contributed by atoms with E-state index in [1.807, 2.05) is 23.7 Å². The molecule has 16 heavy (non-hydrogen) atoms. The summed E-state index contributed by atoms with van der Waals surface area (Å²) in [6.07, 6.45) is 1.99. The van der Waals surface area contributed by atoms with E-state index in [1.165, 1.54) is 0 Å². The molecule has 1 saturated heterocycles. The highest BCUT2D eigenvalue weighted by atomic mass is 32.2. The summed E-state index contributed by atoms with van der Waals surface area (Å²) in [6, 6.07) is 5.53. The molecule has 0 radical (unpaired) electrons. The fourth-order valence-corrected chi connectivity index (χ4v) is 3.13. The van der Waals surface area contributed by atoms with Crippen molar-refractivity contribution in [1.29, 1.82) is 0 Å².